The molecule has 1 aliphatic rings. The number of halogens is 3. The molecule has 3 rings (SSSR count). The Hall–Kier alpha value is -3.18. The number of aromatic amines is 1. The molecule has 0 saturated carbocycles. The molecule has 1 saturated heterocycles. The highest BCUT2D eigenvalue weighted by atomic mass is 19.4. The first-order valence-corrected chi connectivity index (χ1v) is 7.96. The van der Waals surface area contributed by atoms with Crippen molar-refractivity contribution in [2.75, 3.05) is 18.0 Å². The van der Waals surface area contributed by atoms with Gasteiger partial charge in [0.25, 0.3) is 11.4 Å². The second-order valence-electron chi connectivity index (χ2n) is 6.13. The van der Waals surface area contributed by atoms with E-state index in [9.17, 15) is 33.4 Å². The fraction of sp³-hybridized carbons (Fsp3) is 0.400. The maximum absolute atomic E-state index is 13.0. The molecule has 27 heavy (non-hydrogen) atoms. The van der Waals surface area contributed by atoms with Gasteiger partial charge in [0.05, 0.1) is 15.4 Å². The summed E-state index contributed by atoms with van der Waals surface area (Å²) in [6.07, 6.45) is -0.534. The van der Waals surface area contributed by atoms with Crippen LogP contribution in [0.3, 0.4) is 0 Å². The number of nitrogens with one attached hydrogen (secondary N) is 1. The number of nitrogens with zero attached hydrogens (tertiary/aromatic N) is 4. The highest BCUT2D eigenvalue weighted by Crippen LogP contribution is 2.44. The molecule has 1 atom stereocenters. The van der Waals surface area contributed by atoms with E-state index in [1.165, 1.54) is 11.1 Å². The van der Waals surface area contributed by atoms with E-state index >= 15 is 0 Å². The minimum Gasteiger partial charge on any atom is -0.360 e. The van der Waals surface area contributed by atoms with Gasteiger partial charge in [-0.1, -0.05) is 0 Å². The Labute approximate surface area is 150 Å². The Morgan fingerprint density at radius 1 is 1.19 bits per heavy atom. The van der Waals surface area contributed by atoms with Gasteiger partial charge >= 0.3 is 6.18 Å². The summed E-state index contributed by atoms with van der Waals surface area (Å²) < 4.78 is 39.1. The predicted molar refractivity (Wildman–Crippen MR) is 87.5 cm³/mol. The third kappa shape index (κ3) is 3.68. The number of alkyl halides is 3. The number of piperidine rings is 1. The van der Waals surface area contributed by atoms with Crippen LogP contribution in [0.1, 0.15) is 30.1 Å². The number of aromatic nitrogens is 2. The first-order chi connectivity index (χ1) is 12.7. The molecule has 0 aliphatic carbocycles. The van der Waals surface area contributed by atoms with Gasteiger partial charge in [0.2, 0.25) is 0 Å². The Kier molecular flexibility index (Phi) is 4.72. The molecule has 1 fully saturated rings. The van der Waals surface area contributed by atoms with Gasteiger partial charge in [-0.25, -0.2) is 4.98 Å². The molecule has 2 heterocycles. The molecule has 0 bridgehead atoms. The third-order valence-corrected chi connectivity index (χ3v) is 4.43. The van der Waals surface area contributed by atoms with Gasteiger partial charge in [-0.15, -0.1) is 0 Å². The number of imidazole rings is 1. The Bertz CT molecular complexity index is 834. The number of hydrogen-bond acceptors (Lipinski definition) is 6. The van der Waals surface area contributed by atoms with Gasteiger partial charge < -0.3 is 9.88 Å². The molecule has 1 N–H and O–H groups in total. The smallest absolute Gasteiger partial charge is 0.360 e. The van der Waals surface area contributed by atoms with E-state index in [1.807, 2.05) is 0 Å². The minimum absolute atomic E-state index is 0.167. The van der Waals surface area contributed by atoms with E-state index in [-0.39, 0.29) is 19.0 Å². The molecular weight excluding hydrogens is 371 g/mol. The summed E-state index contributed by atoms with van der Waals surface area (Å²) in [5.41, 5.74) is -3.70. The predicted octanol–water partition coefficient (Wildman–Crippen LogP) is 3.63. The summed E-state index contributed by atoms with van der Waals surface area (Å²) in [6.45, 7) is 0.421. The van der Waals surface area contributed by atoms with Crippen LogP contribution in [-0.2, 0) is 6.18 Å². The van der Waals surface area contributed by atoms with Crippen molar-refractivity contribution in [2.45, 2.75) is 24.9 Å². The quantitative estimate of drug-likeness (QED) is 0.634. The first-order valence-electron chi connectivity index (χ1n) is 7.96. The van der Waals surface area contributed by atoms with E-state index in [0.717, 1.165) is 0 Å². The standard InChI is InChI=1S/C15H14F3N5O4/c16-15(17,18)10-6-11(22(24)25)13(12(7-10)23(26)27)21-5-1-2-9(8-21)14-19-3-4-20-14/h3-4,6-7,9H,1-2,5,8H2,(H,19,20). The monoisotopic (exact) mass is 385 g/mol. The second-order valence-corrected chi connectivity index (χ2v) is 6.13. The van der Waals surface area contributed by atoms with Crippen LogP contribution < -0.4 is 4.90 Å². The van der Waals surface area contributed by atoms with Gasteiger partial charge in [-0.2, -0.15) is 13.2 Å². The van der Waals surface area contributed by atoms with E-state index in [0.29, 0.717) is 30.8 Å². The van der Waals surface area contributed by atoms with Gasteiger partial charge in [-0.3, -0.25) is 20.2 Å². The minimum atomic E-state index is -4.94. The summed E-state index contributed by atoms with van der Waals surface area (Å²) in [5.74, 6) is 0.451. The van der Waals surface area contributed by atoms with Crippen molar-refractivity contribution in [3.05, 3.63) is 56.1 Å². The molecule has 12 heteroatoms. The number of anilines is 1. The summed E-state index contributed by atoms with van der Waals surface area (Å²) in [6, 6.07) is 0.692. The Morgan fingerprint density at radius 3 is 2.30 bits per heavy atom. The van der Waals surface area contributed by atoms with E-state index in [2.05, 4.69) is 9.97 Å². The highest BCUT2D eigenvalue weighted by Gasteiger charge is 2.40. The Morgan fingerprint density at radius 2 is 1.81 bits per heavy atom. The van der Waals surface area contributed by atoms with Crippen molar-refractivity contribution < 1.29 is 23.0 Å². The number of benzene rings is 1. The SMILES string of the molecule is O=[N+]([O-])c1cc(C(F)(F)F)cc([N+](=O)[O-])c1N1CCCC(c2ncc[nH]2)C1. The average molecular weight is 385 g/mol. The normalized spacial score (nSPS) is 17.7. The van der Waals surface area contributed by atoms with Gasteiger partial charge in [0.15, 0.2) is 5.69 Å². The molecule has 9 nitrogen and oxygen atoms in total. The highest BCUT2D eigenvalue weighted by molar-refractivity contribution is 5.76. The largest absolute Gasteiger partial charge is 0.416 e. The summed E-state index contributed by atoms with van der Waals surface area (Å²) in [5, 5.41) is 22.8. The molecule has 1 aromatic carbocycles. The zero-order valence-corrected chi connectivity index (χ0v) is 13.8. The van der Waals surface area contributed by atoms with Gasteiger partial charge in [0.1, 0.15) is 5.82 Å². The van der Waals surface area contributed by atoms with Crippen LogP contribution in [0.4, 0.5) is 30.2 Å². The summed E-state index contributed by atoms with van der Waals surface area (Å²) in [7, 11) is 0. The lowest BCUT2D eigenvalue weighted by Crippen LogP contribution is -2.35. The zero-order valence-electron chi connectivity index (χ0n) is 13.8. The summed E-state index contributed by atoms with van der Waals surface area (Å²) >= 11 is 0. The van der Waals surface area contributed by atoms with Crippen LogP contribution in [0.25, 0.3) is 0 Å². The third-order valence-electron chi connectivity index (χ3n) is 4.43. The second kappa shape index (κ2) is 6.85. The molecule has 2 aromatic rings. The lowest BCUT2D eigenvalue weighted by Gasteiger charge is -2.33. The molecule has 0 amide bonds. The van der Waals surface area contributed by atoms with Crippen LogP contribution >= 0.6 is 0 Å². The average Bonchev–Trinajstić information content (AvgIpc) is 3.14. The molecule has 1 unspecified atom stereocenters. The maximum Gasteiger partial charge on any atom is 0.416 e. The van der Waals surface area contributed by atoms with Crippen molar-refractivity contribution in [3.8, 4) is 0 Å². The van der Waals surface area contributed by atoms with Crippen molar-refractivity contribution in [3.63, 3.8) is 0 Å². The molecular formula is C15H14F3N5O4. The van der Waals surface area contributed by atoms with Gasteiger partial charge in [0, 0.05) is 43.5 Å². The van der Waals surface area contributed by atoms with Crippen LogP contribution in [0, 0.1) is 20.2 Å². The van der Waals surface area contributed by atoms with Crippen molar-refractivity contribution in [2.24, 2.45) is 0 Å². The summed E-state index contributed by atoms with van der Waals surface area (Å²) in [4.78, 5) is 29.2. The fourth-order valence-electron chi connectivity index (χ4n) is 3.27. The topological polar surface area (TPSA) is 118 Å². The molecule has 144 valence electrons. The number of rotatable bonds is 4. The van der Waals surface area contributed by atoms with E-state index in [4.69, 9.17) is 0 Å². The van der Waals surface area contributed by atoms with E-state index in [1.54, 1.807) is 6.20 Å². The number of nitro benzene ring substituents is 2. The Balaban J connectivity index is 2.10. The van der Waals surface area contributed by atoms with Crippen molar-refractivity contribution in [1.82, 2.24) is 9.97 Å². The molecule has 0 spiro atoms. The van der Waals surface area contributed by atoms with Crippen LogP contribution in [0.15, 0.2) is 24.5 Å². The van der Waals surface area contributed by atoms with E-state index < -0.39 is 38.6 Å². The van der Waals surface area contributed by atoms with Gasteiger partial charge in [-0.05, 0) is 12.8 Å². The molecule has 1 aromatic heterocycles. The zero-order chi connectivity index (χ0) is 19.8. The molecule has 0 radical (unpaired) electrons. The maximum atomic E-state index is 13.0. The fourth-order valence-corrected chi connectivity index (χ4v) is 3.27. The van der Waals surface area contributed by atoms with Crippen LogP contribution in [-0.4, -0.2) is 32.9 Å². The lowest BCUT2D eigenvalue weighted by molar-refractivity contribution is -0.393. The number of hydrogen-bond donors (Lipinski definition) is 1. The number of H-pyrrole nitrogens is 1. The van der Waals surface area contributed by atoms with Crippen LogP contribution in [0.2, 0.25) is 0 Å². The lowest BCUT2D eigenvalue weighted by atomic mass is 9.96. The first kappa shape index (κ1) is 18.6. The molecule has 1 aliphatic heterocycles. The van der Waals surface area contributed by atoms with Crippen molar-refractivity contribution in [1.29, 1.82) is 0 Å². The van der Waals surface area contributed by atoms with Crippen molar-refractivity contribution >= 4 is 17.1 Å². The van der Waals surface area contributed by atoms with Crippen LogP contribution in [0.5, 0.6) is 0 Å². The number of nitro groups is 2.